The van der Waals surface area contributed by atoms with Gasteiger partial charge in [0.15, 0.2) is 10.1 Å². The molecule has 0 N–H and O–H groups in total. The number of alkyl halides is 2. The van der Waals surface area contributed by atoms with Crippen LogP contribution in [0.3, 0.4) is 0 Å². The summed E-state index contributed by atoms with van der Waals surface area (Å²) in [7, 11) is 0. The summed E-state index contributed by atoms with van der Waals surface area (Å²) < 4.78 is -1.20. The number of hydrogen-bond donors (Lipinski definition) is 0. The molecule has 2 rings (SSSR count). The van der Waals surface area contributed by atoms with Gasteiger partial charge in [0, 0.05) is 5.92 Å². The number of Topliss-reactive ketones (excluding diaryl/α,β-unsaturated/α-hetero) is 1. The molecule has 2 aliphatic rings. The van der Waals surface area contributed by atoms with Crippen LogP contribution >= 0.6 is 23.2 Å². The predicted octanol–water partition coefficient (Wildman–Crippen LogP) is 4.69. The lowest BCUT2D eigenvalue weighted by molar-refractivity contribution is -0.131. The van der Waals surface area contributed by atoms with Gasteiger partial charge in [-0.25, -0.2) is 0 Å². The van der Waals surface area contributed by atoms with Crippen molar-refractivity contribution in [1.82, 2.24) is 0 Å². The Kier molecular flexibility index (Phi) is 3.68. The SMILES string of the molecule is CCC(CC)C1=CC(=C(C)C)C2C(=O)C(Cl)(Cl)C12. The molecule has 0 heterocycles. The molecule has 0 aromatic carbocycles. The molecular weight excluding hydrogens is 267 g/mol. The standard InChI is InChI=1S/C15H20Cl2O/c1-5-9(6-2)11-7-10(8(3)4)12-13(11)15(16,17)14(12)18/h7,9,12-13H,5-6H2,1-4H3. The Morgan fingerprint density at radius 3 is 2.33 bits per heavy atom. The van der Waals surface area contributed by atoms with Crippen molar-refractivity contribution < 1.29 is 4.79 Å². The number of hydrogen-bond acceptors (Lipinski definition) is 1. The van der Waals surface area contributed by atoms with Gasteiger partial charge in [-0.05, 0) is 38.2 Å². The van der Waals surface area contributed by atoms with E-state index in [0.717, 1.165) is 18.4 Å². The molecule has 18 heavy (non-hydrogen) atoms. The monoisotopic (exact) mass is 286 g/mol. The highest BCUT2D eigenvalue weighted by molar-refractivity contribution is 6.61. The molecule has 0 saturated heterocycles. The molecule has 2 atom stereocenters. The zero-order chi connectivity index (χ0) is 13.7. The van der Waals surface area contributed by atoms with Gasteiger partial charge in [-0.3, -0.25) is 4.79 Å². The van der Waals surface area contributed by atoms with Crippen molar-refractivity contribution in [3.05, 3.63) is 22.8 Å². The predicted molar refractivity (Wildman–Crippen MR) is 77.0 cm³/mol. The van der Waals surface area contributed by atoms with E-state index in [1.54, 1.807) is 0 Å². The zero-order valence-corrected chi connectivity index (χ0v) is 12.9. The van der Waals surface area contributed by atoms with E-state index in [0.29, 0.717) is 5.92 Å². The normalized spacial score (nSPS) is 29.2. The fourth-order valence-electron chi connectivity index (χ4n) is 3.29. The summed E-state index contributed by atoms with van der Waals surface area (Å²) in [5.41, 5.74) is 3.62. The number of carbonyl (C=O) groups excluding carboxylic acids is 1. The molecule has 1 nitrogen and oxygen atoms in total. The first-order chi connectivity index (χ1) is 8.36. The second kappa shape index (κ2) is 4.68. The van der Waals surface area contributed by atoms with Gasteiger partial charge in [0.25, 0.3) is 0 Å². The first-order valence-electron chi connectivity index (χ1n) is 6.67. The Balaban J connectivity index is 2.44. The van der Waals surface area contributed by atoms with Gasteiger partial charge in [0.1, 0.15) is 0 Å². The summed E-state index contributed by atoms with van der Waals surface area (Å²) in [6.07, 6.45) is 4.33. The first kappa shape index (κ1) is 14.1. The van der Waals surface area contributed by atoms with E-state index in [1.165, 1.54) is 11.1 Å². The van der Waals surface area contributed by atoms with Crippen molar-refractivity contribution in [3.63, 3.8) is 0 Å². The van der Waals surface area contributed by atoms with Gasteiger partial charge < -0.3 is 0 Å². The lowest BCUT2D eigenvalue weighted by atomic mass is 9.66. The minimum Gasteiger partial charge on any atom is -0.296 e. The van der Waals surface area contributed by atoms with Gasteiger partial charge in [-0.2, -0.15) is 0 Å². The van der Waals surface area contributed by atoms with E-state index in [9.17, 15) is 4.79 Å². The fraction of sp³-hybridized carbons (Fsp3) is 0.667. The quantitative estimate of drug-likeness (QED) is 0.688. The molecule has 0 radical (unpaired) electrons. The van der Waals surface area contributed by atoms with E-state index in [2.05, 4.69) is 33.8 Å². The third-order valence-electron chi connectivity index (χ3n) is 4.39. The first-order valence-corrected chi connectivity index (χ1v) is 7.42. The molecule has 0 aromatic heterocycles. The number of carbonyl (C=O) groups is 1. The van der Waals surface area contributed by atoms with Crippen LogP contribution in [-0.2, 0) is 4.79 Å². The molecule has 0 bridgehead atoms. The summed E-state index contributed by atoms with van der Waals surface area (Å²) in [6.45, 7) is 8.45. The van der Waals surface area contributed by atoms with Gasteiger partial charge in [-0.1, -0.05) is 54.3 Å². The molecule has 0 spiro atoms. The van der Waals surface area contributed by atoms with E-state index in [1.807, 2.05) is 0 Å². The molecule has 0 aliphatic heterocycles. The number of rotatable bonds is 3. The van der Waals surface area contributed by atoms with Crippen molar-refractivity contribution in [2.45, 2.75) is 44.9 Å². The average molecular weight is 287 g/mol. The molecule has 2 aliphatic carbocycles. The Hall–Kier alpha value is -0.270. The van der Waals surface area contributed by atoms with Gasteiger partial charge >= 0.3 is 0 Å². The van der Waals surface area contributed by atoms with Crippen LogP contribution in [0.5, 0.6) is 0 Å². The summed E-state index contributed by atoms with van der Waals surface area (Å²) in [6, 6.07) is 0. The zero-order valence-electron chi connectivity index (χ0n) is 11.4. The summed E-state index contributed by atoms with van der Waals surface area (Å²) >= 11 is 12.5. The minimum atomic E-state index is -1.20. The van der Waals surface area contributed by atoms with Gasteiger partial charge in [0.2, 0.25) is 0 Å². The van der Waals surface area contributed by atoms with Crippen LogP contribution in [0.4, 0.5) is 0 Å². The molecule has 1 fully saturated rings. The molecule has 3 heteroatoms. The lowest BCUT2D eigenvalue weighted by Crippen LogP contribution is -2.56. The van der Waals surface area contributed by atoms with Crippen molar-refractivity contribution in [2.75, 3.05) is 0 Å². The number of allylic oxidation sites excluding steroid dienone is 4. The fourth-order valence-corrected chi connectivity index (χ4v) is 4.03. The Morgan fingerprint density at radius 2 is 1.89 bits per heavy atom. The molecule has 100 valence electrons. The van der Waals surface area contributed by atoms with Crippen molar-refractivity contribution in [1.29, 1.82) is 0 Å². The average Bonchev–Trinajstić information content (AvgIpc) is 2.69. The molecular formula is C15H20Cl2O. The highest BCUT2D eigenvalue weighted by Crippen LogP contribution is 2.61. The van der Waals surface area contributed by atoms with Gasteiger partial charge in [-0.15, -0.1) is 0 Å². The van der Waals surface area contributed by atoms with Crippen molar-refractivity contribution in [3.8, 4) is 0 Å². The van der Waals surface area contributed by atoms with E-state index in [4.69, 9.17) is 23.2 Å². The van der Waals surface area contributed by atoms with Crippen molar-refractivity contribution >= 4 is 29.0 Å². The lowest BCUT2D eigenvalue weighted by Gasteiger charge is -2.45. The number of fused-ring (bicyclic) bond motifs is 1. The number of halogens is 2. The van der Waals surface area contributed by atoms with E-state index >= 15 is 0 Å². The maximum atomic E-state index is 12.1. The molecule has 0 aromatic rings. The summed E-state index contributed by atoms with van der Waals surface area (Å²) in [5.74, 6) is 0.382. The highest BCUT2D eigenvalue weighted by Gasteiger charge is 2.65. The highest BCUT2D eigenvalue weighted by atomic mass is 35.5. The Morgan fingerprint density at radius 1 is 1.33 bits per heavy atom. The largest absolute Gasteiger partial charge is 0.296 e. The summed E-state index contributed by atoms with van der Waals surface area (Å²) in [5, 5.41) is 0. The van der Waals surface area contributed by atoms with Crippen molar-refractivity contribution in [2.24, 2.45) is 17.8 Å². The second-order valence-corrected chi connectivity index (χ2v) is 6.94. The van der Waals surface area contributed by atoms with Crippen LogP contribution in [0.25, 0.3) is 0 Å². The topological polar surface area (TPSA) is 17.1 Å². The molecule has 2 unspecified atom stereocenters. The molecule has 0 amide bonds. The third-order valence-corrected chi connectivity index (χ3v) is 5.23. The maximum absolute atomic E-state index is 12.1. The van der Waals surface area contributed by atoms with E-state index < -0.39 is 4.33 Å². The Labute approximate surface area is 119 Å². The van der Waals surface area contributed by atoms with Gasteiger partial charge in [0.05, 0.1) is 5.92 Å². The second-order valence-electron chi connectivity index (χ2n) is 5.56. The molecule has 1 saturated carbocycles. The van der Waals surface area contributed by atoms with Crippen LogP contribution in [0, 0.1) is 17.8 Å². The van der Waals surface area contributed by atoms with Crippen LogP contribution in [0.1, 0.15) is 40.5 Å². The van der Waals surface area contributed by atoms with E-state index in [-0.39, 0.29) is 17.6 Å². The third kappa shape index (κ3) is 1.78. The number of ketones is 1. The smallest absolute Gasteiger partial charge is 0.184 e. The van der Waals surface area contributed by atoms with Crippen LogP contribution in [-0.4, -0.2) is 10.1 Å². The Bertz CT molecular complexity index is 437. The van der Waals surface area contributed by atoms with Crippen LogP contribution < -0.4 is 0 Å². The van der Waals surface area contributed by atoms with Crippen LogP contribution in [0.15, 0.2) is 22.8 Å². The van der Waals surface area contributed by atoms with Crippen LogP contribution in [0.2, 0.25) is 0 Å². The summed E-state index contributed by atoms with van der Waals surface area (Å²) in [4.78, 5) is 12.1. The maximum Gasteiger partial charge on any atom is 0.184 e. The minimum absolute atomic E-state index is 0.00290.